The van der Waals surface area contributed by atoms with E-state index in [9.17, 15) is 5.26 Å². The van der Waals surface area contributed by atoms with Crippen molar-refractivity contribution >= 4 is 39.2 Å². The van der Waals surface area contributed by atoms with E-state index in [0.717, 1.165) is 21.2 Å². The average molecular weight is 469 g/mol. The van der Waals surface area contributed by atoms with Crippen LogP contribution in [-0.4, -0.2) is 7.11 Å². The predicted molar refractivity (Wildman–Crippen MR) is 121 cm³/mol. The highest BCUT2D eigenvalue weighted by Crippen LogP contribution is 2.38. The first-order valence-electron chi connectivity index (χ1n) is 8.94. The zero-order valence-electron chi connectivity index (χ0n) is 16.1. The number of ether oxygens (including phenoxy) is 2. The molecule has 0 radical (unpaired) electrons. The fraction of sp³-hybridized carbons (Fsp3) is 0.125. The number of allylic oxidation sites excluding steroid dienone is 1. The summed E-state index contributed by atoms with van der Waals surface area (Å²) in [5.74, 6) is 1.21. The van der Waals surface area contributed by atoms with Gasteiger partial charge in [0.15, 0.2) is 11.5 Å². The molecule has 0 heterocycles. The molecular formula is C24H19BrClNO2. The van der Waals surface area contributed by atoms with E-state index in [0.29, 0.717) is 28.7 Å². The Morgan fingerprint density at radius 3 is 2.41 bits per heavy atom. The van der Waals surface area contributed by atoms with E-state index in [1.807, 2.05) is 36.4 Å². The lowest BCUT2D eigenvalue weighted by atomic mass is 10.0. The highest BCUT2D eigenvalue weighted by molar-refractivity contribution is 9.10. The van der Waals surface area contributed by atoms with Gasteiger partial charge in [-0.25, -0.2) is 0 Å². The van der Waals surface area contributed by atoms with Gasteiger partial charge < -0.3 is 9.47 Å². The summed E-state index contributed by atoms with van der Waals surface area (Å²) in [4.78, 5) is 0. The van der Waals surface area contributed by atoms with Crippen LogP contribution in [0.2, 0.25) is 5.02 Å². The van der Waals surface area contributed by atoms with Gasteiger partial charge in [-0.3, -0.25) is 0 Å². The van der Waals surface area contributed by atoms with Crippen LogP contribution in [0.1, 0.15) is 22.3 Å². The van der Waals surface area contributed by atoms with Gasteiger partial charge >= 0.3 is 0 Å². The van der Waals surface area contributed by atoms with Crippen LogP contribution in [0.15, 0.2) is 65.1 Å². The third-order valence-corrected chi connectivity index (χ3v) is 5.18. The first-order chi connectivity index (χ1) is 14.0. The summed E-state index contributed by atoms with van der Waals surface area (Å²) in [5.41, 5.74) is 4.43. The summed E-state index contributed by atoms with van der Waals surface area (Å²) >= 11 is 9.51. The van der Waals surface area contributed by atoms with Gasteiger partial charge in [0.2, 0.25) is 0 Å². The van der Waals surface area contributed by atoms with Crippen LogP contribution < -0.4 is 9.47 Å². The number of aryl methyl sites for hydroxylation is 1. The third-order valence-electron chi connectivity index (χ3n) is 4.34. The fourth-order valence-electron chi connectivity index (χ4n) is 2.78. The van der Waals surface area contributed by atoms with Crippen molar-refractivity contribution in [2.75, 3.05) is 7.11 Å². The molecule has 0 bridgehead atoms. The Bertz CT molecular complexity index is 1070. The van der Waals surface area contributed by atoms with Crippen LogP contribution >= 0.6 is 27.5 Å². The van der Waals surface area contributed by atoms with Crippen molar-refractivity contribution < 1.29 is 9.47 Å². The Hall–Kier alpha value is -2.74. The lowest BCUT2D eigenvalue weighted by Gasteiger charge is -2.14. The number of hydrogen-bond acceptors (Lipinski definition) is 3. The first-order valence-corrected chi connectivity index (χ1v) is 10.1. The summed E-state index contributed by atoms with van der Waals surface area (Å²) < 4.78 is 12.3. The molecule has 0 N–H and O–H groups in total. The van der Waals surface area contributed by atoms with Crippen LogP contribution in [0.4, 0.5) is 0 Å². The molecule has 29 heavy (non-hydrogen) atoms. The second-order valence-corrected chi connectivity index (χ2v) is 7.78. The predicted octanol–water partition coefficient (Wildman–Crippen LogP) is 7.06. The molecule has 0 saturated heterocycles. The maximum atomic E-state index is 9.57. The Morgan fingerprint density at radius 2 is 1.79 bits per heavy atom. The minimum absolute atomic E-state index is 0.429. The quantitative estimate of drug-likeness (QED) is 0.287. The molecule has 0 spiro atoms. The van der Waals surface area contributed by atoms with Crippen LogP contribution in [0.3, 0.4) is 0 Å². The largest absolute Gasteiger partial charge is 0.493 e. The van der Waals surface area contributed by atoms with Gasteiger partial charge in [0, 0.05) is 5.02 Å². The second-order valence-electron chi connectivity index (χ2n) is 6.49. The lowest BCUT2D eigenvalue weighted by molar-refractivity contribution is 0.282. The van der Waals surface area contributed by atoms with Crippen molar-refractivity contribution in [2.45, 2.75) is 13.5 Å². The minimum atomic E-state index is 0.429. The van der Waals surface area contributed by atoms with Crippen molar-refractivity contribution in [3.8, 4) is 17.6 Å². The molecule has 3 aromatic carbocycles. The molecule has 3 nitrogen and oxygen atoms in total. The van der Waals surface area contributed by atoms with Crippen LogP contribution in [0.5, 0.6) is 11.5 Å². The van der Waals surface area contributed by atoms with Crippen molar-refractivity contribution in [1.29, 1.82) is 5.26 Å². The zero-order valence-corrected chi connectivity index (χ0v) is 18.4. The Labute approximate surface area is 184 Å². The maximum Gasteiger partial charge on any atom is 0.175 e. The van der Waals surface area contributed by atoms with Crippen molar-refractivity contribution in [3.63, 3.8) is 0 Å². The molecule has 3 aromatic rings. The summed E-state index contributed by atoms with van der Waals surface area (Å²) in [5, 5.41) is 10.2. The highest BCUT2D eigenvalue weighted by atomic mass is 79.9. The first kappa shape index (κ1) is 21.0. The average Bonchev–Trinajstić information content (AvgIpc) is 2.72. The second kappa shape index (κ2) is 9.65. The SMILES string of the molecule is COc1cc(/C=C(\C#N)c2ccc(Cl)cc2)cc(Br)c1OCc1ccc(C)cc1. The molecule has 0 saturated carbocycles. The third kappa shape index (κ3) is 5.41. The molecule has 0 aromatic heterocycles. The topological polar surface area (TPSA) is 42.2 Å². The van der Waals surface area contributed by atoms with Crippen molar-refractivity contribution in [1.82, 2.24) is 0 Å². The number of nitrogens with zero attached hydrogens (tertiary/aromatic N) is 1. The number of rotatable bonds is 6. The van der Waals surface area contributed by atoms with Crippen molar-refractivity contribution in [3.05, 3.63) is 92.4 Å². The fourth-order valence-corrected chi connectivity index (χ4v) is 3.48. The van der Waals surface area contributed by atoms with Crippen LogP contribution in [0.25, 0.3) is 11.6 Å². The molecule has 0 aliphatic carbocycles. The van der Waals surface area contributed by atoms with Gasteiger partial charge in [-0.2, -0.15) is 5.26 Å². The summed E-state index contributed by atoms with van der Waals surface area (Å²) in [6.07, 6.45) is 1.81. The number of methoxy groups -OCH3 is 1. The molecule has 146 valence electrons. The molecule has 0 aliphatic rings. The van der Waals surface area contributed by atoms with Gasteiger partial charge in [-0.05, 0) is 69.9 Å². The number of halogens is 2. The van der Waals surface area contributed by atoms with Crippen LogP contribution in [0, 0.1) is 18.3 Å². The monoisotopic (exact) mass is 467 g/mol. The van der Waals surface area contributed by atoms with E-state index in [1.54, 1.807) is 25.3 Å². The lowest BCUT2D eigenvalue weighted by Crippen LogP contribution is -1.99. The van der Waals surface area contributed by atoms with E-state index in [1.165, 1.54) is 5.56 Å². The van der Waals surface area contributed by atoms with Crippen LogP contribution in [-0.2, 0) is 6.61 Å². The number of nitriles is 1. The summed E-state index contributed by atoms with van der Waals surface area (Å²) in [6.45, 7) is 2.48. The minimum Gasteiger partial charge on any atom is -0.493 e. The number of hydrogen-bond donors (Lipinski definition) is 0. The van der Waals surface area contributed by atoms with Gasteiger partial charge in [0.25, 0.3) is 0 Å². The Balaban J connectivity index is 1.88. The molecule has 5 heteroatoms. The Kier molecular flexibility index (Phi) is 6.98. The molecule has 0 unspecified atom stereocenters. The van der Waals surface area contributed by atoms with E-state index in [-0.39, 0.29) is 0 Å². The van der Waals surface area contributed by atoms with E-state index in [2.05, 4.69) is 41.1 Å². The Morgan fingerprint density at radius 1 is 1.10 bits per heavy atom. The van der Waals surface area contributed by atoms with Gasteiger partial charge in [0.05, 0.1) is 23.2 Å². The van der Waals surface area contributed by atoms with E-state index < -0.39 is 0 Å². The molecule has 0 amide bonds. The van der Waals surface area contributed by atoms with E-state index >= 15 is 0 Å². The molecular weight excluding hydrogens is 450 g/mol. The number of benzene rings is 3. The molecule has 0 aliphatic heterocycles. The summed E-state index contributed by atoms with van der Waals surface area (Å²) in [6, 6.07) is 21.4. The standard InChI is InChI=1S/C24H19BrClNO2/c1-16-3-5-17(6-4-16)15-29-24-22(25)12-18(13-23(24)28-2)11-20(14-27)19-7-9-21(26)10-8-19/h3-13H,15H2,1-2H3/b20-11+. The zero-order chi connectivity index (χ0) is 20.8. The van der Waals surface area contributed by atoms with E-state index in [4.69, 9.17) is 21.1 Å². The van der Waals surface area contributed by atoms with Gasteiger partial charge in [0.1, 0.15) is 6.61 Å². The van der Waals surface area contributed by atoms with Gasteiger partial charge in [-0.15, -0.1) is 0 Å². The molecule has 3 rings (SSSR count). The molecule has 0 atom stereocenters. The smallest absolute Gasteiger partial charge is 0.175 e. The normalized spacial score (nSPS) is 11.1. The van der Waals surface area contributed by atoms with Crippen molar-refractivity contribution in [2.24, 2.45) is 0 Å². The molecule has 0 fully saturated rings. The summed E-state index contributed by atoms with van der Waals surface area (Å²) in [7, 11) is 1.60. The maximum absolute atomic E-state index is 9.57. The highest BCUT2D eigenvalue weighted by Gasteiger charge is 2.12. The van der Waals surface area contributed by atoms with Gasteiger partial charge in [-0.1, -0.05) is 53.6 Å².